The second kappa shape index (κ2) is 26.6. The molecule has 0 saturated carbocycles. The summed E-state index contributed by atoms with van der Waals surface area (Å²) in [6.45, 7) is 8.54. The summed E-state index contributed by atoms with van der Waals surface area (Å²) >= 11 is 0. The van der Waals surface area contributed by atoms with Crippen LogP contribution in [0.2, 0.25) is 0 Å². The molecular weight excluding hydrogens is 957 g/mol. The minimum Gasteiger partial charge on any atom is -0.507 e. The monoisotopic (exact) mass is 1020 g/mol. The van der Waals surface area contributed by atoms with Crippen LogP contribution in [0.15, 0.2) is 133 Å². The molecule has 2 aromatic heterocycles. The molecule has 2 N–H and O–H groups in total. The number of aromatic nitrogens is 6. The zero-order valence-corrected chi connectivity index (χ0v) is 43.6. The summed E-state index contributed by atoms with van der Waals surface area (Å²) in [6, 6.07) is 41.7. The molecule has 0 aliphatic heterocycles. The lowest BCUT2D eigenvalue weighted by molar-refractivity contribution is -0.145. The van der Waals surface area contributed by atoms with E-state index in [0.717, 1.165) is 95.9 Å². The van der Waals surface area contributed by atoms with Gasteiger partial charge in [-0.3, -0.25) is 9.59 Å². The van der Waals surface area contributed by atoms with Crippen molar-refractivity contribution in [1.82, 2.24) is 29.9 Å². The van der Waals surface area contributed by atoms with Gasteiger partial charge in [-0.05, 0) is 64.8 Å². The summed E-state index contributed by atoms with van der Waals surface area (Å²) in [5.41, 5.74) is 8.71. The van der Waals surface area contributed by atoms with Crippen LogP contribution in [-0.4, -0.2) is 78.5 Å². The zero-order chi connectivity index (χ0) is 53.2. The molecule has 0 amide bonds. The van der Waals surface area contributed by atoms with Gasteiger partial charge in [0.15, 0.2) is 34.9 Å². The standard InChI is InChI=1S/C62H64N6O8/c1-41-15-23-45(24-16-41)57-63-58(46-25-17-42(2)18-26-46)66-61(65-57)51-33-31-49(39-53(51)69)73-35-37-75-55(71)13-11-9-7-5-6-8-10-12-14-56(72)76-38-36-74-50-32-34-52(54(70)40-50)62-67-59(47-27-19-43(3)20-28-47)64-60(68-62)48-29-21-44(4)22-30-48/h15-34,39-40,69-70H,5-14,35-38H2,1-4H3. The molecule has 0 unspecified atom stereocenters. The molecule has 0 radical (unpaired) electrons. The smallest absolute Gasteiger partial charge is 0.305 e. The van der Waals surface area contributed by atoms with Gasteiger partial charge < -0.3 is 29.2 Å². The maximum absolute atomic E-state index is 12.4. The van der Waals surface area contributed by atoms with Gasteiger partial charge in [-0.25, -0.2) is 29.9 Å². The van der Waals surface area contributed by atoms with Gasteiger partial charge in [0.2, 0.25) is 0 Å². The van der Waals surface area contributed by atoms with Crippen molar-refractivity contribution in [2.24, 2.45) is 0 Å². The fraction of sp³-hybridized carbons (Fsp3) is 0.290. The van der Waals surface area contributed by atoms with Gasteiger partial charge in [-0.2, -0.15) is 0 Å². The van der Waals surface area contributed by atoms with Crippen LogP contribution in [0.3, 0.4) is 0 Å². The van der Waals surface area contributed by atoms with Crippen LogP contribution >= 0.6 is 0 Å². The predicted octanol–water partition coefficient (Wildman–Crippen LogP) is 13.1. The van der Waals surface area contributed by atoms with E-state index in [1.54, 1.807) is 24.3 Å². The minimum atomic E-state index is -0.268. The molecule has 2 heterocycles. The van der Waals surface area contributed by atoms with E-state index in [1.165, 1.54) is 12.1 Å². The van der Waals surface area contributed by atoms with Crippen LogP contribution in [0.5, 0.6) is 23.0 Å². The Kier molecular flexibility index (Phi) is 18.8. The number of hydrogen-bond acceptors (Lipinski definition) is 14. The molecule has 0 aliphatic carbocycles. The highest BCUT2D eigenvalue weighted by molar-refractivity contribution is 5.73. The second-order valence-corrected chi connectivity index (χ2v) is 18.9. The van der Waals surface area contributed by atoms with E-state index in [4.69, 9.17) is 48.9 Å². The summed E-state index contributed by atoms with van der Waals surface area (Å²) in [6.07, 6.45) is 8.18. The normalized spacial score (nSPS) is 11.1. The van der Waals surface area contributed by atoms with E-state index < -0.39 is 0 Å². The SMILES string of the molecule is Cc1ccc(-c2nc(-c3ccc(C)cc3)nc(-c3ccc(OCCOC(=O)CCCCCCCCCCC(=O)OCCOc4ccc(-c5nc(-c6ccc(C)cc6)nc(-c6ccc(C)cc6)n5)c(O)c4)cc3O)n2)cc1. The summed E-state index contributed by atoms with van der Waals surface area (Å²) < 4.78 is 22.4. The fourth-order valence-corrected chi connectivity index (χ4v) is 8.27. The van der Waals surface area contributed by atoms with Crippen molar-refractivity contribution in [3.8, 4) is 91.3 Å². The quantitative estimate of drug-likeness (QED) is 0.0406. The number of nitrogens with zero attached hydrogens (tertiary/aromatic N) is 6. The molecule has 0 bridgehead atoms. The number of hydrogen-bond donors (Lipinski definition) is 2. The first-order valence-corrected chi connectivity index (χ1v) is 26.0. The predicted molar refractivity (Wildman–Crippen MR) is 294 cm³/mol. The highest BCUT2D eigenvalue weighted by Crippen LogP contribution is 2.35. The van der Waals surface area contributed by atoms with Crippen molar-refractivity contribution in [2.45, 2.75) is 91.9 Å². The number of aromatic hydroxyl groups is 2. The van der Waals surface area contributed by atoms with E-state index >= 15 is 0 Å². The Hall–Kier alpha value is -8.52. The maximum Gasteiger partial charge on any atom is 0.305 e. The molecule has 8 rings (SSSR count). The Bertz CT molecular complexity index is 2860. The lowest BCUT2D eigenvalue weighted by Gasteiger charge is -2.11. The average Bonchev–Trinajstić information content (AvgIpc) is 3.42. The Morgan fingerprint density at radius 3 is 0.921 bits per heavy atom. The third-order valence-electron chi connectivity index (χ3n) is 12.7. The second-order valence-electron chi connectivity index (χ2n) is 18.9. The summed E-state index contributed by atoms with van der Waals surface area (Å²) in [4.78, 5) is 53.2. The topological polar surface area (TPSA) is 189 Å². The number of phenols is 2. The number of phenolic OH excluding ortho intramolecular Hbond substituents is 2. The van der Waals surface area contributed by atoms with E-state index in [-0.39, 0.29) is 49.9 Å². The molecule has 6 aromatic carbocycles. The Labute approximate surface area is 444 Å². The number of unbranched alkanes of at least 4 members (excludes halogenated alkanes) is 7. The first-order chi connectivity index (χ1) is 36.9. The molecule has 0 fully saturated rings. The van der Waals surface area contributed by atoms with Crippen LogP contribution in [0.4, 0.5) is 0 Å². The van der Waals surface area contributed by atoms with Crippen LogP contribution in [-0.2, 0) is 19.1 Å². The highest BCUT2D eigenvalue weighted by Gasteiger charge is 2.18. The molecule has 0 spiro atoms. The fourth-order valence-electron chi connectivity index (χ4n) is 8.27. The molecule has 14 heteroatoms. The Balaban J connectivity index is 0.669. The molecule has 0 aliphatic rings. The van der Waals surface area contributed by atoms with Crippen LogP contribution in [0.25, 0.3) is 68.3 Å². The molecule has 390 valence electrons. The third-order valence-corrected chi connectivity index (χ3v) is 12.7. The molecule has 0 saturated heterocycles. The minimum absolute atomic E-state index is 0.0480. The van der Waals surface area contributed by atoms with E-state index in [1.807, 2.05) is 125 Å². The van der Waals surface area contributed by atoms with Gasteiger partial charge in [-0.1, -0.05) is 158 Å². The van der Waals surface area contributed by atoms with Gasteiger partial charge >= 0.3 is 11.9 Å². The van der Waals surface area contributed by atoms with E-state index in [0.29, 0.717) is 70.4 Å². The largest absolute Gasteiger partial charge is 0.507 e. The number of benzene rings is 6. The number of ether oxygens (including phenoxy) is 4. The maximum atomic E-state index is 12.4. The third kappa shape index (κ3) is 15.5. The number of rotatable bonds is 25. The highest BCUT2D eigenvalue weighted by atomic mass is 16.6. The molecule has 8 aromatic rings. The zero-order valence-electron chi connectivity index (χ0n) is 43.6. The first kappa shape index (κ1) is 53.8. The van der Waals surface area contributed by atoms with Gasteiger partial charge in [0.25, 0.3) is 0 Å². The first-order valence-electron chi connectivity index (χ1n) is 26.0. The summed E-state index contributed by atoms with van der Waals surface area (Å²) in [5.74, 6) is 2.87. The van der Waals surface area contributed by atoms with Crippen molar-refractivity contribution < 1.29 is 38.7 Å². The van der Waals surface area contributed by atoms with Crippen LogP contribution in [0.1, 0.15) is 86.5 Å². The van der Waals surface area contributed by atoms with Gasteiger partial charge in [0.1, 0.15) is 49.4 Å². The molecular formula is C62H64N6O8. The van der Waals surface area contributed by atoms with Gasteiger partial charge in [-0.15, -0.1) is 0 Å². The van der Waals surface area contributed by atoms with E-state index in [2.05, 4.69) is 0 Å². The van der Waals surface area contributed by atoms with Crippen molar-refractivity contribution in [1.29, 1.82) is 0 Å². The van der Waals surface area contributed by atoms with E-state index in [9.17, 15) is 19.8 Å². The Morgan fingerprint density at radius 2 is 0.632 bits per heavy atom. The van der Waals surface area contributed by atoms with Crippen molar-refractivity contribution in [3.05, 3.63) is 156 Å². The van der Waals surface area contributed by atoms with Crippen molar-refractivity contribution in [2.75, 3.05) is 26.4 Å². The number of esters is 2. The molecule has 14 nitrogen and oxygen atoms in total. The number of carbonyl (C=O) groups excluding carboxylic acids is 2. The van der Waals surface area contributed by atoms with Gasteiger partial charge in [0.05, 0.1) is 11.1 Å². The number of aryl methyl sites for hydroxylation is 4. The molecule has 76 heavy (non-hydrogen) atoms. The van der Waals surface area contributed by atoms with Crippen molar-refractivity contribution in [3.63, 3.8) is 0 Å². The Morgan fingerprint density at radius 1 is 0.355 bits per heavy atom. The lowest BCUT2D eigenvalue weighted by atomic mass is 10.1. The summed E-state index contributed by atoms with van der Waals surface area (Å²) in [5, 5.41) is 22.1. The van der Waals surface area contributed by atoms with Crippen molar-refractivity contribution >= 4 is 11.9 Å². The number of carbonyl (C=O) groups is 2. The molecule has 0 atom stereocenters. The van der Waals surface area contributed by atoms with Crippen LogP contribution < -0.4 is 9.47 Å². The van der Waals surface area contributed by atoms with Gasteiger partial charge in [0, 0.05) is 47.2 Å². The van der Waals surface area contributed by atoms with Crippen LogP contribution in [0, 0.1) is 27.7 Å². The summed E-state index contributed by atoms with van der Waals surface area (Å²) in [7, 11) is 0. The average molecular weight is 1020 g/mol. The lowest BCUT2D eigenvalue weighted by Crippen LogP contribution is -2.12.